The SMILES string of the molecule is CC1(C)CC(NC2CCSc3ccc(Cl)cc32)CC(C)(C)N1. The number of thioether (sulfide) groups is 1. The van der Waals surface area contributed by atoms with Crippen LogP contribution in [-0.4, -0.2) is 22.9 Å². The number of hydrogen-bond acceptors (Lipinski definition) is 3. The van der Waals surface area contributed by atoms with E-state index in [1.54, 1.807) is 0 Å². The zero-order chi connectivity index (χ0) is 16.0. The number of benzene rings is 1. The molecule has 2 heterocycles. The molecule has 0 bridgehead atoms. The highest BCUT2D eigenvalue weighted by atomic mass is 35.5. The third-order valence-corrected chi connectivity index (χ3v) is 6.00. The van der Waals surface area contributed by atoms with E-state index in [9.17, 15) is 0 Å². The Hall–Kier alpha value is -0.220. The highest BCUT2D eigenvalue weighted by Gasteiger charge is 2.38. The van der Waals surface area contributed by atoms with Gasteiger partial charge in [-0.25, -0.2) is 0 Å². The van der Waals surface area contributed by atoms with Crippen LogP contribution in [0.25, 0.3) is 0 Å². The van der Waals surface area contributed by atoms with Crippen molar-refractivity contribution in [1.82, 2.24) is 10.6 Å². The molecule has 0 amide bonds. The lowest BCUT2D eigenvalue weighted by Gasteiger charge is -2.48. The minimum absolute atomic E-state index is 0.181. The van der Waals surface area contributed by atoms with Gasteiger partial charge in [-0.05, 0) is 76.5 Å². The maximum absolute atomic E-state index is 6.23. The van der Waals surface area contributed by atoms with Crippen LogP contribution < -0.4 is 10.6 Å². The van der Waals surface area contributed by atoms with Gasteiger partial charge in [0, 0.05) is 33.1 Å². The molecule has 122 valence electrons. The maximum Gasteiger partial charge on any atom is 0.0410 e. The Labute approximate surface area is 143 Å². The second-order valence-corrected chi connectivity index (χ2v) is 9.61. The quantitative estimate of drug-likeness (QED) is 0.811. The molecule has 0 aliphatic carbocycles. The molecular formula is C18H27ClN2S. The number of piperidine rings is 1. The van der Waals surface area contributed by atoms with Crippen LogP contribution >= 0.6 is 23.4 Å². The molecule has 1 unspecified atom stereocenters. The van der Waals surface area contributed by atoms with E-state index in [2.05, 4.69) is 50.5 Å². The van der Waals surface area contributed by atoms with Crippen LogP contribution in [0, 0.1) is 0 Å². The number of fused-ring (bicyclic) bond motifs is 1. The Kier molecular flexibility index (Phi) is 4.54. The molecule has 1 atom stereocenters. The van der Waals surface area contributed by atoms with Gasteiger partial charge in [0.1, 0.15) is 0 Å². The minimum atomic E-state index is 0.181. The summed E-state index contributed by atoms with van der Waals surface area (Å²) in [6.07, 6.45) is 3.51. The average molecular weight is 339 g/mol. The Morgan fingerprint density at radius 2 is 1.86 bits per heavy atom. The van der Waals surface area contributed by atoms with Crippen LogP contribution in [-0.2, 0) is 0 Å². The Bertz CT molecular complexity index is 540. The smallest absolute Gasteiger partial charge is 0.0410 e. The van der Waals surface area contributed by atoms with Gasteiger partial charge in [0.05, 0.1) is 0 Å². The Morgan fingerprint density at radius 1 is 1.18 bits per heavy atom. The summed E-state index contributed by atoms with van der Waals surface area (Å²) < 4.78 is 0. The van der Waals surface area contributed by atoms with Gasteiger partial charge < -0.3 is 10.6 Å². The van der Waals surface area contributed by atoms with Gasteiger partial charge in [-0.1, -0.05) is 11.6 Å². The summed E-state index contributed by atoms with van der Waals surface area (Å²) in [5.74, 6) is 1.18. The van der Waals surface area contributed by atoms with E-state index in [4.69, 9.17) is 11.6 Å². The van der Waals surface area contributed by atoms with E-state index in [0.717, 1.165) is 17.9 Å². The van der Waals surface area contributed by atoms with Crippen molar-refractivity contribution in [1.29, 1.82) is 0 Å². The first-order chi connectivity index (χ1) is 10.2. The van der Waals surface area contributed by atoms with Crippen LogP contribution in [0.5, 0.6) is 0 Å². The molecule has 2 N–H and O–H groups in total. The summed E-state index contributed by atoms with van der Waals surface area (Å²) in [4.78, 5) is 1.39. The lowest BCUT2D eigenvalue weighted by Crippen LogP contribution is -2.61. The van der Waals surface area contributed by atoms with Crippen LogP contribution in [0.2, 0.25) is 5.02 Å². The van der Waals surface area contributed by atoms with E-state index in [1.165, 1.54) is 22.6 Å². The van der Waals surface area contributed by atoms with E-state index in [0.29, 0.717) is 12.1 Å². The zero-order valence-electron chi connectivity index (χ0n) is 14.0. The van der Waals surface area contributed by atoms with Crippen LogP contribution in [0.4, 0.5) is 0 Å². The molecule has 0 radical (unpaired) electrons. The molecule has 0 spiro atoms. The van der Waals surface area contributed by atoms with Gasteiger partial charge in [-0.3, -0.25) is 0 Å². The fourth-order valence-corrected chi connectivity index (χ4v) is 5.55. The van der Waals surface area contributed by atoms with E-state index < -0.39 is 0 Å². The fourth-order valence-electron chi connectivity index (χ4n) is 4.26. The van der Waals surface area contributed by atoms with Crippen molar-refractivity contribution in [2.45, 2.75) is 75.0 Å². The third-order valence-electron chi connectivity index (χ3n) is 4.64. The first-order valence-electron chi connectivity index (χ1n) is 8.22. The second kappa shape index (κ2) is 6.01. The normalized spacial score (nSPS) is 27.4. The first-order valence-corrected chi connectivity index (χ1v) is 9.58. The molecule has 2 nitrogen and oxygen atoms in total. The fraction of sp³-hybridized carbons (Fsp3) is 0.667. The highest BCUT2D eigenvalue weighted by molar-refractivity contribution is 7.99. The molecule has 1 fully saturated rings. The maximum atomic E-state index is 6.23. The minimum Gasteiger partial charge on any atom is -0.307 e. The van der Waals surface area contributed by atoms with Gasteiger partial charge in [0.15, 0.2) is 0 Å². The molecule has 22 heavy (non-hydrogen) atoms. The van der Waals surface area contributed by atoms with Crippen molar-refractivity contribution < 1.29 is 0 Å². The van der Waals surface area contributed by atoms with Crippen molar-refractivity contribution >= 4 is 23.4 Å². The molecule has 2 aliphatic heterocycles. The topological polar surface area (TPSA) is 24.1 Å². The van der Waals surface area contributed by atoms with Crippen LogP contribution in [0.15, 0.2) is 23.1 Å². The Balaban J connectivity index is 1.78. The molecule has 2 aliphatic rings. The van der Waals surface area contributed by atoms with Crippen molar-refractivity contribution in [3.8, 4) is 0 Å². The summed E-state index contributed by atoms with van der Waals surface area (Å²) >= 11 is 8.18. The molecule has 4 heteroatoms. The van der Waals surface area contributed by atoms with Crippen molar-refractivity contribution in [2.24, 2.45) is 0 Å². The summed E-state index contributed by atoms with van der Waals surface area (Å²) in [7, 11) is 0. The molecule has 1 aromatic rings. The monoisotopic (exact) mass is 338 g/mol. The number of hydrogen-bond donors (Lipinski definition) is 2. The zero-order valence-corrected chi connectivity index (χ0v) is 15.6. The third kappa shape index (κ3) is 3.81. The number of rotatable bonds is 2. The summed E-state index contributed by atoms with van der Waals surface area (Å²) in [5.41, 5.74) is 1.75. The van der Waals surface area contributed by atoms with Crippen molar-refractivity contribution in [3.63, 3.8) is 0 Å². The first kappa shape index (κ1) is 16.6. The van der Waals surface area contributed by atoms with E-state index >= 15 is 0 Å². The standard InChI is InChI=1S/C18H27ClN2S/c1-17(2)10-13(11-18(3,4)21-17)20-15-7-8-22-16-6-5-12(19)9-14(15)16/h5-6,9,13,15,20-21H,7-8,10-11H2,1-4H3. The van der Waals surface area contributed by atoms with Gasteiger partial charge in [-0.2, -0.15) is 0 Å². The predicted molar refractivity (Wildman–Crippen MR) is 97.0 cm³/mol. The number of nitrogens with one attached hydrogen (secondary N) is 2. The van der Waals surface area contributed by atoms with Crippen LogP contribution in [0.1, 0.15) is 58.6 Å². The number of halogens is 1. The molecular weight excluding hydrogens is 312 g/mol. The summed E-state index contributed by atoms with van der Waals surface area (Å²) in [6.45, 7) is 9.24. The van der Waals surface area contributed by atoms with E-state index in [1.807, 2.05) is 17.8 Å². The van der Waals surface area contributed by atoms with Gasteiger partial charge in [-0.15, -0.1) is 11.8 Å². The van der Waals surface area contributed by atoms with Gasteiger partial charge in [0.25, 0.3) is 0 Å². The lowest BCUT2D eigenvalue weighted by molar-refractivity contribution is 0.138. The summed E-state index contributed by atoms with van der Waals surface area (Å²) in [5, 5.41) is 8.55. The molecule has 0 aromatic heterocycles. The largest absolute Gasteiger partial charge is 0.307 e. The van der Waals surface area contributed by atoms with E-state index in [-0.39, 0.29) is 11.1 Å². The average Bonchev–Trinajstić information content (AvgIpc) is 2.35. The molecule has 0 saturated carbocycles. The van der Waals surface area contributed by atoms with Crippen molar-refractivity contribution in [3.05, 3.63) is 28.8 Å². The lowest BCUT2D eigenvalue weighted by atomic mass is 9.79. The molecule has 3 rings (SSSR count). The molecule has 1 aromatic carbocycles. The van der Waals surface area contributed by atoms with Crippen LogP contribution in [0.3, 0.4) is 0 Å². The molecule has 1 saturated heterocycles. The summed E-state index contributed by atoms with van der Waals surface area (Å²) in [6, 6.07) is 7.31. The van der Waals surface area contributed by atoms with Gasteiger partial charge in [0.2, 0.25) is 0 Å². The second-order valence-electron chi connectivity index (χ2n) is 8.04. The Morgan fingerprint density at radius 3 is 2.55 bits per heavy atom. The van der Waals surface area contributed by atoms with Gasteiger partial charge >= 0.3 is 0 Å². The predicted octanol–water partition coefficient (Wildman–Crippen LogP) is 4.78. The highest BCUT2D eigenvalue weighted by Crippen LogP contribution is 2.39. The van der Waals surface area contributed by atoms with Crippen molar-refractivity contribution in [2.75, 3.05) is 5.75 Å².